The Morgan fingerprint density at radius 1 is 0.426 bits per heavy atom. The third-order valence-electron chi connectivity index (χ3n) is 10.8. The number of phosphoric ester groups is 1. The molecule has 0 aliphatic carbocycles. The van der Waals surface area contributed by atoms with E-state index >= 15 is 0 Å². The zero-order valence-electron chi connectivity index (χ0n) is 42.8. The molecular formula is C56H95O11P. The molecule has 0 amide bonds. The summed E-state index contributed by atoms with van der Waals surface area (Å²) in [5.74, 6) is -1.53. The summed E-state index contributed by atoms with van der Waals surface area (Å²) < 4.78 is 39.3. The van der Waals surface area contributed by atoms with Gasteiger partial charge in [-0.3, -0.25) is 23.4 Å². The maximum Gasteiger partial charge on any atom is 0.472 e. The van der Waals surface area contributed by atoms with Gasteiger partial charge in [-0.15, -0.1) is 0 Å². The van der Waals surface area contributed by atoms with Gasteiger partial charge in [-0.2, -0.15) is 0 Å². The monoisotopic (exact) mass is 975 g/mol. The van der Waals surface area contributed by atoms with Crippen molar-refractivity contribution in [2.75, 3.05) is 26.4 Å². The van der Waals surface area contributed by atoms with Crippen LogP contribution >= 0.6 is 7.82 Å². The third-order valence-corrected chi connectivity index (χ3v) is 11.8. The lowest BCUT2D eigenvalue weighted by Gasteiger charge is -2.21. The van der Waals surface area contributed by atoms with E-state index in [1.165, 1.54) is 44.9 Å². The van der Waals surface area contributed by atoms with Gasteiger partial charge < -0.3 is 24.2 Å². The number of hydrogen-bond acceptors (Lipinski definition) is 10. The van der Waals surface area contributed by atoms with E-state index in [0.717, 1.165) is 109 Å². The van der Waals surface area contributed by atoms with Crippen molar-refractivity contribution in [3.8, 4) is 0 Å². The molecule has 3 atom stereocenters. The minimum atomic E-state index is -4.75. The summed E-state index contributed by atoms with van der Waals surface area (Å²) in [4.78, 5) is 48.3. The first kappa shape index (κ1) is 64.7. The fraction of sp³-hybridized carbons (Fsp3) is 0.696. The van der Waals surface area contributed by atoms with E-state index in [1.807, 2.05) is 0 Å². The second-order valence-electron chi connectivity index (χ2n) is 17.3. The highest BCUT2D eigenvalue weighted by Crippen LogP contribution is 2.43. The molecule has 0 aliphatic heterocycles. The number of allylic oxidation sites excluding steroid dienone is 14. The van der Waals surface area contributed by atoms with E-state index in [4.69, 9.17) is 23.3 Å². The SMILES string of the molecule is CC/C=C\C/C=C\C/C=C\C/C=C\CCCCC(=O)OC(COC(=O)CCCCCCCCC/C=C\C/C=C\C/C=C\CC)COP(=O)(O)OCC(CO)OC(=O)CCCCCCCCCCC. The minimum Gasteiger partial charge on any atom is -0.462 e. The molecule has 0 aliphatic rings. The Labute approximate surface area is 413 Å². The maximum atomic E-state index is 12.8. The molecule has 0 aromatic heterocycles. The van der Waals surface area contributed by atoms with E-state index in [1.54, 1.807) is 0 Å². The predicted molar refractivity (Wildman–Crippen MR) is 279 cm³/mol. The highest BCUT2D eigenvalue weighted by molar-refractivity contribution is 7.47. The number of ether oxygens (including phenoxy) is 3. The Balaban J connectivity index is 4.82. The van der Waals surface area contributed by atoms with Gasteiger partial charge in [-0.25, -0.2) is 4.57 Å². The van der Waals surface area contributed by atoms with Gasteiger partial charge in [0, 0.05) is 19.3 Å². The van der Waals surface area contributed by atoms with E-state index in [0.29, 0.717) is 19.3 Å². The molecule has 2 N–H and O–H groups in total. The van der Waals surface area contributed by atoms with Crippen LogP contribution in [0.2, 0.25) is 0 Å². The standard InChI is InChI=1S/C56H95O11P/c1-4-7-10-13-16-19-21-23-25-26-28-29-31-34-36-39-42-45-54(58)63-49-53(67-56(60)47-44-41-38-35-32-30-27-24-22-20-17-14-11-8-5-2)51-65-68(61,62)64-50-52(48-57)66-55(59)46-43-40-37-33-18-15-12-9-6-3/h7-8,10-11,16-17,19-20,23-25,27,32,35,52-53,57H,4-6,9,12-15,18,21-22,26,28-31,33-34,36-51H2,1-3H3,(H,61,62)/b10-7-,11-8-,19-16-,20-17-,25-23-,27-24-,35-32-. The molecule has 0 radical (unpaired) electrons. The summed E-state index contributed by atoms with van der Waals surface area (Å²) in [7, 11) is -4.75. The van der Waals surface area contributed by atoms with Crippen LogP contribution in [0.1, 0.15) is 213 Å². The molecule has 3 unspecified atom stereocenters. The van der Waals surface area contributed by atoms with E-state index in [-0.39, 0.29) is 25.9 Å². The maximum absolute atomic E-state index is 12.8. The fourth-order valence-corrected chi connectivity index (χ4v) is 7.61. The van der Waals surface area contributed by atoms with E-state index in [2.05, 4.69) is 106 Å². The summed E-state index contributed by atoms with van der Waals surface area (Å²) in [6.07, 6.45) is 55.6. The number of aliphatic hydroxyl groups is 1. The Hall–Kier alpha value is -3.34. The highest BCUT2D eigenvalue weighted by atomic mass is 31.2. The van der Waals surface area contributed by atoms with Crippen LogP contribution in [-0.4, -0.2) is 66.5 Å². The van der Waals surface area contributed by atoms with Gasteiger partial charge in [-0.05, 0) is 89.9 Å². The first-order valence-electron chi connectivity index (χ1n) is 26.5. The molecule has 0 saturated carbocycles. The lowest BCUT2D eigenvalue weighted by molar-refractivity contribution is -0.161. The number of phosphoric acid groups is 1. The van der Waals surface area contributed by atoms with Gasteiger partial charge >= 0.3 is 25.7 Å². The zero-order chi connectivity index (χ0) is 49.9. The lowest BCUT2D eigenvalue weighted by Crippen LogP contribution is -2.30. The van der Waals surface area contributed by atoms with Crippen molar-refractivity contribution in [3.63, 3.8) is 0 Å². The number of hydrogen-bond donors (Lipinski definition) is 2. The van der Waals surface area contributed by atoms with Crippen LogP contribution in [-0.2, 0) is 42.2 Å². The summed E-state index contributed by atoms with van der Waals surface area (Å²) in [5.41, 5.74) is 0. The Morgan fingerprint density at radius 2 is 0.765 bits per heavy atom. The molecule has 0 bridgehead atoms. The van der Waals surface area contributed by atoms with Gasteiger partial charge in [-0.1, -0.05) is 189 Å². The van der Waals surface area contributed by atoms with Crippen molar-refractivity contribution in [3.05, 3.63) is 85.1 Å². The molecule has 0 heterocycles. The number of rotatable bonds is 48. The van der Waals surface area contributed by atoms with Crippen LogP contribution in [0, 0.1) is 0 Å². The lowest BCUT2D eigenvalue weighted by atomic mass is 10.1. The number of carbonyl (C=O) groups excluding carboxylic acids is 3. The first-order chi connectivity index (χ1) is 33.2. The van der Waals surface area contributed by atoms with Crippen molar-refractivity contribution in [1.29, 1.82) is 0 Å². The third kappa shape index (κ3) is 47.7. The van der Waals surface area contributed by atoms with Crippen molar-refractivity contribution < 1.29 is 52.2 Å². The quantitative estimate of drug-likeness (QED) is 0.0197. The van der Waals surface area contributed by atoms with Crippen LogP contribution in [0.3, 0.4) is 0 Å². The van der Waals surface area contributed by atoms with E-state index < -0.39 is 57.8 Å². The topological polar surface area (TPSA) is 155 Å². The average Bonchev–Trinajstić information content (AvgIpc) is 3.32. The predicted octanol–water partition coefficient (Wildman–Crippen LogP) is 15.1. The molecular weight excluding hydrogens is 880 g/mol. The summed E-state index contributed by atoms with van der Waals surface area (Å²) in [6.45, 7) is 4.32. The normalized spacial score (nSPS) is 14.1. The second kappa shape index (κ2) is 50.1. The number of unbranched alkanes of at least 4 members (excludes halogenated alkanes) is 17. The molecule has 12 heteroatoms. The molecule has 68 heavy (non-hydrogen) atoms. The van der Waals surface area contributed by atoms with Gasteiger partial charge in [0.15, 0.2) is 6.10 Å². The molecule has 0 fully saturated rings. The zero-order valence-corrected chi connectivity index (χ0v) is 43.7. The average molecular weight is 975 g/mol. The highest BCUT2D eigenvalue weighted by Gasteiger charge is 2.28. The van der Waals surface area contributed by atoms with Crippen molar-refractivity contribution in [2.24, 2.45) is 0 Å². The van der Waals surface area contributed by atoms with Gasteiger partial charge in [0.25, 0.3) is 0 Å². The van der Waals surface area contributed by atoms with Crippen LogP contribution < -0.4 is 0 Å². The van der Waals surface area contributed by atoms with Crippen molar-refractivity contribution in [1.82, 2.24) is 0 Å². The number of esters is 3. The van der Waals surface area contributed by atoms with Gasteiger partial charge in [0.1, 0.15) is 12.7 Å². The van der Waals surface area contributed by atoms with Gasteiger partial charge in [0.05, 0.1) is 19.8 Å². The largest absolute Gasteiger partial charge is 0.472 e. The summed E-state index contributed by atoms with van der Waals surface area (Å²) in [6, 6.07) is 0. The molecule has 0 aromatic rings. The molecule has 390 valence electrons. The fourth-order valence-electron chi connectivity index (χ4n) is 6.83. The van der Waals surface area contributed by atoms with Crippen LogP contribution in [0.25, 0.3) is 0 Å². The Bertz CT molecular complexity index is 1460. The van der Waals surface area contributed by atoms with Gasteiger partial charge in [0.2, 0.25) is 0 Å². The molecule has 0 aromatic carbocycles. The minimum absolute atomic E-state index is 0.111. The summed E-state index contributed by atoms with van der Waals surface area (Å²) >= 11 is 0. The van der Waals surface area contributed by atoms with Crippen molar-refractivity contribution in [2.45, 2.75) is 226 Å². The molecule has 0 rings (SSSR count). The first-order valence-corrected chi connectivity index (χ1v) is 28.0. The van der Waals surface area contributed by atoms with Crippen LogP contribution in [0.15, 0.2) is 85.1 Å². The van der Waals surface area contributed by atoms with Crippen molar-refractivity contribution >= 4 is 25.7 Å². The second-order valence-corrected chi connectivity index (χ2v) is 18.7. The van der Waals surface area contributed by atoms with E-state index in [9.17, 15) is 28.9 Å². The number of aliphatic hydroxyl groups excluding tert-OH is 1. The smallest absolute Gasteiger partial charge is 0.462 e. The molecule has 0 saturated heterocycles. The molecule has 11 nitrogen and oxygen atoms in total. The summed E-state index contributed by atoms with van der Waals surface area (Å²) in [5, 5.41) is 9.75. The Kier molecular flexibility index (Phi) is 47.6. The number of carbonyl (C=O) groups is 3. The Morgan fingerprint density at radius 3 is 1.21 bits per heavy atom. The molecule has 0 spiro atoms. The van der Waals surface area contributed by atoms with Crippen LogP contribution in [0.5, 0.6) is 0 Å². The van der Waals surface area contributed by atoms with Crippen LogP contribution in [0.4, 0.5) is 0 Å².